The molecular weight excluding hydrogens is 376 g/mol. The second-order valence-corrected chi connectivity index (χ2v) is 9.17. The first kappa shape index (κ1) is 18.7. The summed E-state index contributed by atoms with van der Waals surface area (Å²) in [6.07, 6.45) is 2.74. The average Bonchev–Trinajstić information content (AvgIpc) is 3.53. The highest BCUT2D eigenvalue weighted by molar-refractivity contribution is 6.07. The lowest BCUT2D eigenvalue weighted by molar-refractivity contribution is -0.133. The molecular formula is C24H24N4O2. The first-order valence-electron chi connectivity index (χ1n) is 10.2. The molecule has 2 N–H and O–H groups in total. The second-order valence-electron chi connectivity index (χ2n) is 9.17. The van der Waals surface area contributed by atoms with Crippen molar-refractivity contribution >= 4 is 11.9 Å². The van der Waals surface area contributed by atoms with Crippen molar-refractivity contribution < 1.29 is 9.53 Å². The fourth-order valence-corrected chi connectivity index (χ4v) is 4.69. The minimum Gasteiger partial charge on any atom is -0.487 e. The molecule has 1 atom stereocenters. The van der Waals surface area contributed by atoms with E-state index >= 15 is 0 Å². The highest BCUT2D eigenvalue weighted by Gasteiger charge is 2.55. The van der Waals surface area contributed by atoms with Gasteiger partial charge in [0.15, 0.2) is 11.5 Å². The molecule has 3 aliphatic rings. The van der Waals surface area contributed by atoms with Crippen molar-refractivity contribution in [2.24, 2.45) is 10.7 Å². The number of carbonyl (C=O) groups excluding carboxylic acids is 1. The van der Waals surface area contributed by atoms with Gasteiger partial charge in [0.05, 0.1) is 11.6 Å². The smallest absolute Gasteiger partial charge is 0.261 e. The van der Waals surface area contributed by atoms with Gasteiger partial charge in [0.2, 0.25) is 0 Å². The number of carbonyl (C=O) groups is 1. The molecule has 6 nitrogen and oxygen atoms in total. The standard InChI is InChI=1S/C24H24N4O2/c1-23(2)13-24(21(29)28(3)22(26)27-24)19-11-16(6-7-20(19)30-23)18-9-14(12-25)8-17(10-18)15-4-5-15/h6-11,15H,4-5,13H2,1-3H3,(H2,26,27). The number of rotatable bonds is 2. The maximum Gasteiger partial charge on any atom is 0.261 e. The number of nitrogens with two attached hydrogens (primary N) is 1. The van der Waals surface area contributed by atoms with E-state index in [-0.39, 0.29) is 11.9 Å². The molecule has 30 heavy (non-hydrogen) atoms. The minimum absolute atomic E-state index is 0.140. The first-order chi connectivity index (χ1) is 14.2. The van der Waals surface area contributed by atoms with Crippen LogP contribution in [0.25, 0.3) is 11.1 Å². The van der Waals surface area contributed by atoms with Gasteiger partial charge in [-0.25, -0.2) is 4.99 Å². The predicted molar refractivity (Wildman–Crippen MR) is 114 cm³/mol. The quantitative estimate of drug-likeness (QED) is 0.833. The molecule has 2 aromatic carbocycles. The molecule has 152 valence electrons. The molecule has 1 aliphatic carbocycles. The van der Waals surface area contributed by atoms with Gasteiger partial charge in [-0.2, -0.15) is 5.26 Å². The van der Waals surface area contributed by atoms with Crippen molar-refractivity contribution in [3.05, 3.63) is 53.1 Å². The van der Waals surface area contributed by atoms with Crippen LogP contribution in [0.1, 0.15) is 55.7 Å². The van der Waals surface area contributed by atoms with E-state index in [4.69, 9.17) is 10.5 Å². The number of aliphatic imine (C=N–C) groups is 1. The number of nitrogens with zero attached hydrogens (tertiary/aromatic N) is 3. The van der Waals surface area contributed by atoms with Gasteiger partial charge in [0.25, 0.3) is 5.91 Å². The van der Waals surface area contributed by atoms with Gasteiger partial charge in [0.1, 0.15) is 11.4 Å². The zero-order valence-corrected chi connectivity index (χ0v) is 17.4. The van der Waals surface area contributed by atoms with Gasteiger partial charge in [-0.1, -0.05) is 12.1 Å². The third kappa shape index (κ3) is 2.77. The van der Waals surface area contributed by atoms with Crippen molar-refractivity contribution in [1.29, 1.82) is 5.26 Å². The van der Waals surface area contributed by atoms with Gasteiger partial charge >= 0.3 is 0 Å². The summed E-state index contributed by atoms with van der Waals surface area (Å²) in [5.41, 5.74) is 8.89. The fraction of sp³-hybridized carbons (Fsp3) is 0.375. The van der Waals surface area contributed by atoms with Gasteiger partial charge in [-0.15, -0.1) is 0 Å². The highest BCUT2D eigenvalue weighted by atomic mass is 16.5. The molecule has 1 spiro atoms. The van der Waals surface area contributed by atoms with Crippen molar-refractivity contribution in [2.75, 3.05) is 7.05 Å². The molecule has 6 heteroatoms. The Hall–Kier alpha value is -3.33. The molecule has 0 bridgehead atoms. The number of guanidine groups is 1. The van der Waals surface area contributed by atoms with E-state index in [0.717, 1.165) is 16.7 Å². The van der Waals surface area contributed by atoms with Gasteiger partial charge in [-0.3, -0.25) is 9.69 Å². The van der Waals surface area contributed by atoms with Crippen molar-refractivity contribution in [3.8, 4) is 22.9 Å². The minimum atomic E-state index is -1.09. The molecule has 1 saturated carbocycles. The topological polar surface area (TPSA) is 91.7 Å². The number of fused-ring (bicyclic) bond motifs is 2. The molecule has 1 amide bonds. The maximum absolute atomic E-state index is 13.3. The van der Waals surface area contributed by atoms with Gasteiger partial charge < -0.3 is 10.5 Å². The summed E-state index contributed by atoms with van der Waals surface area (Å²) in [4.78, 5) is 19.3. The number of likely N-dealkylation sites (N-methyl/N-ethyl adjacent to an activating group) is 1. The van der Waals surface area contributed by atoms with Crippen LogP contribution < -0.4 is 10.5 Å². The second kappa shape index (κ2) is 6.09. The predicted octanol–water partition coefficient (Wildman–Crippen LogP) is 3.65. The van der Waals surface area contributed by atoms with Crippen LogP contribution in [0.2, 0.25) is 0 Å². The van der Waals surface area contributed by atoms with Crippen LogP contribution in [0.3, 0.4) is 0 Å². The Morgan fingerprint density at radius 3 is 2.60 bits per heavy atom. The van der Waals surface area contributed by atoms with E-state index in [9.17, 15) is 10.1 Å². The van der Waals surface area contributed by atoms with E-state index in [1.54, 1.807) is 7.05 Å². The van der Waals surface area contributed by atoms with E-state index in [0.29, 0.717) is 23.7 Å². The number of benzene rings is 2. The van der Waals surface area contributed by atoms with Crippen LogP contribution in [0.4, 0.5) is 0 Å². The van der Waals surface area contributed by atoms with Crippen LogP contribution in [0.15, 0.2) is 41.4 Å². The third-order valence-corrected chi connectivity index (χ3v) is 6.27. The largest absolute Gasteiger partial charge is 0.487 e. The average molecular weight is 400 g/mol. The zero-order chi connectivity index (χ0) is 21.3. The number of ether oxygens (including phenoxy) is 1. The summed E-state index contributed by atoms with van der Waals surface area (Å²) >= 11 is 0. The summed E-state index contributed by atoms with van der Waals surface area (Å²) in [6, 6.07) is 14.2. The molecule has 0 radical (unpaired) electrons. The van der Waals surface area contributed by atoms with Crippen LogP contribution in [0.5, 0.6) is 5.75 Å². The lowest BCUT2D eigenvalue weighted by atomic mass is 9.77. The fourth-order valence-electron chi connectivity index (χ4n) is 4.69. The Balaban J connectivity index is 1.69. The lowest BCUT2D eigenvalue weighted by Crippen LogP contribution is -2.49. The molecule has 0 aromatic heterocycles. The number of amides is 1. The summed E-state index contributed by atoms with van der Waals surface area (Å²) < 4.78 is 6.20. The van der Waals surface area contributed by atoms with E-state index < -0.39 is 11.1 Å². The van der Waals surface area contributed by atoms with Crippen molar-refractivity contribution in [1.82, 2.24) is 4.90 Å². The molecule has 2 aliphatic heterocycles. The summed E-state index contributed by atoms with van der Waals surface area (Å²) in [5, 5.41) is 9.49. The van der Waals surface area contributed by atoms with Gasteiger partial charge in [0, 0.05) is 19.0 Å². The van der Waals surface area contributed by atoms with Crippen molar-refractivity contribution in [2.45, 2.75) is 50.2 Å². The Morgan fingerprint density at radius 2 is 1.97 bits per heavy atom. The molecule has 1 fully saturated rings. The maximum atomic E-state index is 13.3. The van der Waals surface area contributed by atoms with E-state index in [1.807, 2.05) is 44.2 Å². The van der Waals surface area contributed by atoms with E-state index in [1.165, 1.54) is 23.3 Å². The molecule has 2 heterocycles. The zero-order valence-electron chi connectivity index (χ0n) is 17.4. The van der Waals surface area contributed by atoms with Crippen LogP contribution >= 0.6 is 0 Å². The molecule has 1 unspecified atom stereocenters. The monoisotopic (exact) mass is 400 g/mol. The lowest BCUT2D eigenvalue weighted by Gasteiger charge is -2.41. The summed E-state index contributed by atoms with van der Waals surface area (Å²) in [5.74, 6) is 1.27. The summed E-state index contributed by atoms with van der Waals surface area (Å²) in [6.45, 7) is 3.92. The Kier molecular flexibility index (Phi) is 3.79. The molecule has 0 saturated heterocycles. The Bertz CT molecular complexity index is 1160. The van der Waals surface area contributed by atoms with Crippen LogP contribution in [-0.4, -0.2) is 29.4 Å². The highest BCUT2D eigenvalue weighted by Crippen LogP contribution is 2.50. The first-order valence-corrected chi connectivity index (χ1v) is 10.2. The van der Waals surface area contributed by atoms with Crippen LogP contribution in [0, 0.1) is 11.3 Å². The normalized spacial score (nSPS) is 24.3. The number of hydrogen-bond acceptors (Lipinski definition) is 5. The third-order valence-electron chi connectivity index (χ3n) is 6.27. The van der Waals surface area contributed by atoms with Gasteiger partial charge in [-0.05, 0) is 73.6 Å². The SMILES string of the molecule is CN1C(=O)C2(CC(C)(C)Oc3ccc(-c4cc(C#N)cc(C5CC5)c4)cc32)N=C1N. The van der Waals surface area contributed by atoms with Crippen molar-refractivity contribution in [3.63, 3.8) is 0 Å². The number of hydrogen-bond donors (Lipinski definition) is 1. The Labute approximate surface area is 176 Å². The summed E-state index contributed by atoms with van der Waals surface area (Å²) in [7, 11) is 1.65. The van der Waals surface area contributed by atoms with Crippen LogP contribution in [-0.2, 0) is 10.3 Å². The number of nitriles is 1. The molecule has 2 aromatic rings. The molecule has 5 rings (SSSR count). The van der Waals surface area contributed by atoms with E-state index in [2.05, 4.69) is 17.1 Å². The Morgan fingerprint density at radius 1 is 1.20 bits per heavy atom.